The van der Waals surface area contributed by atoms with Crippen LogP contribution in [0.5, 0.6) is 17.2 Å². The van der Waals surface area contributed by atoms with Gasteiger partial charge in [-0.3, -0.25) is 10.1 Å². The summed E-state index contributed by atoms with van der Waals surface area (Å²) < 4.78 is 16.5. The summed E-state index contributed by atoms with van der Waals surface area (Å²) in [6, 6.07) is 23.7. The average Bonchev–Trinajstić information content (AvgIpc) is 2.78. The van der Waals surface area contributed by atoms with Crippen molar-refractivity contribution in [3.05, 3.63) is 84.4 Å². The summed E-state index contributed by atoms with van der Waals surface area (Å²) in [7, 11) is 1.60. The smallest absolute Gasteiger partial charge is 0.261 e. The third-order valence-corrected chi connectivity index (χ3v) is 4.26. The van der Waals surface area contributed by atoms with Gasteiger partial charge in [-0.1, -0.05) is 30.3 Å². The number of para-hydroxylation sites is 2. The van der Waals surface area contributed by atoms with Crippen LogP contribution in [0.2, 0.25) is 0 Å². The normalized spacial score (nSPS) is 10.0. The molecule has 6 nitrogen and oxygen atoms in total. The molecule has 3 aromatic rings. The number of amides is 1. The van der Waals surface area contributed by atoms with Gasteiger partial charge < -0.3 is 19.5 Å². The summed E-state index contributed by atoms with van der Waals surface area (Å²) >= 11 is 5.24. The van der Waals surface area contributed by atoms with Crippen LogP contribution in [-0.4, -0.2) is 31.3 Å². The number of ether oxygens (including phenoxy) is 3. The largest absolute Gasteiger partial charge is 0.497 e. The third kappa shape index (κ3) is 6.22. The molecule has 7 heteroatoms. The van der Waals surface area contributed by atoms with Crippen molar-refractivity contribution in [2.75, 3.05) is 25.6 Å². The molecule has 0 radical (unpaired) electrons. The van der Waals surface area contributed by atoms with Crippen molar-refractivity contribution in [3.8, 4) is 17.2 Å². The Bertz CT molecular complexity index is 978. The van der Waals surface area contributed by atoms with Gasteiger partial charge in [0.25, 0.3) is 5.91 Å². The van der Waals surface area contributed by atoms with E-state index in [1.807, 2.05) is 30.3 Å². The van der Waals surface area contributed by atoms with Crippen LogP contribution in [0.1, 0.15) is 10.4 Å². The first-order valence-corrected chi connectivity index (χ1v) is 9.72. The van der Waals surface area contributed by atoms with Crippen LogP contribution in [0.15, 0.2) is 78.9 Å². The molecule has 0 atom stereocenters. The topological polar surface area (TPSA) is 68.8 Å². The van der Waals surface area contributed by atoms with Gasteiger partial charge in [0.15, 0.2) is 5.11 Å². The number of hydrogen-bond acceptors (Lipinski definition) is 5. The highest BCUT2D eigenvalue weighted by molar-refractivity contribution is 7.80. The minimum absolute atomic E-state index is 0.187. The fourth-order valence-corrected chi connectivity index (χ4v) is 2.83. The minimum Gasteiger partial charge on any atom is -0.497 e. The first kappa shape index (κ1) is 21.1. The third-order valence-electron chi connectivity index (χ3n) is 4.06. The number of rotatable bonds is 8. The van der Waals surface area contributed by atoms with Crippen LogP contribution in [0, 0.1) is 0 Å². The van der Waals surface area contributed by atoms with Gasteiger partial charge in [0.1, 0.15) is 30.5 Å². The Morgan fingerprint density at radius 2 is 1.50 bits per heavy atom. The monoisotopic (exact) mass is 422 g/mol. The Hall–Kier alpha value is -3.58. The second-order valence-electron chi connectivity index (χ2n) is 6.14. The minimum atomic E-state index is -0.361. The van der Waals surface area contributed by atoms with E-state index in [1.54, 1.807) is 55.6 Å². The maximum Gasteiger partial charge on any atom is 0.261 e. The maximum absolute atomic E-state index is 12.7. The lowest BCUT2D eigenvalue weighted by atomic mass is 10.2. The van der Waals surface area contributed by atoms with Gasteiger partial charge in [-0.05, 0) is 60.7 Å². The molecule has 0 bridgehead atoms. The van der Waals surface area contributed by atoms with E-state index in [9.17, 15) is 4.79 Å². The zero-order chi connectivity index (χ0) is 21.2. The number of benzene rings is 3. The molecule has 0 unspecified atom stereocenters. The number of nitrogens with one attached hydrogen (secondary N) is 2. The molecule has 154 valence electrons. The van der Waals surface area contributed by atoms with Crippen molar-refractivity contribution in [3.63, 3.8) is 0 Å². The molecule has 0 aliphatic carbocycles. The second-order valence-corrected chi connectivity index (χ2v) is 6.55. The van der Waals surface area contributed by atoms with Crippen LogP contribution in [0.25, 0.3) is 0 Å². The quantitative estimate of drug-likeness (QED) is 0.417. The van der Waals surface area contributed by atoms with E-state index in [1.165, 1.54) is 0 Å². The molecule has 0 spiro atoms. The Labute approximate surface area is 180 Å². The SMILES string of the molecule is COc1ccc(NC(=S)NC(=O)c2ccccc2OCCOc2ccccc2)cc1. The lowest BCUT2D eigenvalue weighted by molar-refractivity contribution is 0.0972. The van der Waals surface area contributed by atoms with E-state index >= 15 is 0 Å². The van der Waals surface area contributed by atoms with E-state index in [4.69, 9.17) is 26.4 Å². The van der Waals surface area contributed by atoms with E-state index < -0.39 is 0 Å². The summed E-state index contributed by atoms with van der Waals surface area (Å²) in [6.07, 6.45) is 0. The molecule has 0 aromatic heterocycles. The Kier molecular flexibility index (Phi) is 7.63. The van der Waals surface area contributed by atoms with Crippen LogP contribution >= 0.6 is 12.2 Å². The van der Waals surface area contributed by atoms with Gasteiger partial charge in [0, 0.05) is 5.69 Å². The van der Waals surface area contributed by atoms with Crippen LogP contribution in [0.4, 0.5) is 5.69 Å². The van der Waals surface area contributed by atoms with E-state index in [2.05, 4.69) is 10.6 Å². The molecule has 0 saturated heterocycles. The van der Waals surface area contributed by atoms with Crippen molar-refractivity contribution in [1.82, 2.24) is 5.32 Å². The van der Waals surface area contributed by atoms with Crippen LogP contribution < -0.4 is 24.8 Å². The first-order chi connectivity index (χ1) is 14.7. The number of carbonyl (C=O) groups excluding carboxylic acids is 1. The van der Waals surface area contributed by atoms with E-state index in [0.29, 0.717) is 24.5 Å². The highest BCUT2D eigenvalue weighted by Crippen LogP contribution is 2.19. The predicted molar refractivity (Wildman–Crippen MR) is 121 cm³/mol. The number of thiocarbonyl (C=S) groups is 1. The molecule has 1 amide bonds. The number of methoxy groups -OCH3 is 1. The van der Waals surface area contributed by atoms with Crippen molar-refractivity contribution < 1.29 is 19.0 Å². The van der Waals surface area contributed by atoms with Crippen LogP contribution in [-0.2, 0) is 0 Å². The van der Waals surface area contributed by atoms with E-state index in [0.717, 1.165) is 17.2 Å². The Morgan fingerprint density at radius 3 is 2.23 bits per heavy atom. The summed E-state index contributed by atoms with van der Waals surface area (Å²) in [5, 5.41) is 5.82. The van der Waals surface area contributed by atoms with Crippen molar-refractivity contribution in [2.24, 2.45) is 0 Å². The summed E-state index contributed by atoms with van der Waals surface area (Å²) in [4.78, 5) is 12.7. The highest BCUT2D eigenvalue weighted by Gasteiger charge is 2.13. The van der Waals surface area contributed by atoms with Crippen molar-refractivity contribution >= 4 is 28.9 Å². The Balaban J connectivity index is 1.53. The molecule has 0 aliphatic heterocycles. The van der Waals surface area contributed by atoms with Crippen molar-refractivity contribution in [2.45, 2.75) is 0 Å². The molecule has 3 rings (SSSR count). The lowest BCUT2D eigenvalue weighted by Gasteiger charge is -2.13. The van der Waals surface area contributed by atoms with Gasteiger partial charge in [0.05, 0.1) is 12.7 Å². The fraction of sp³-hybridized carbons (Fsp3) is 0.130. The van der Waals surface area contributed by atoms with Gasteiger partial charge in [-0.25, -0.2) is 0 Å². The highest BCUT2D eigenvalue weighted by atomic mass is 32.1. The molecular weight excluding hydrogens is 400 g/mol. The molecule has 2 N–H and O–H groups in total. The molecule has 0 fully saturated rings. The van der Waals surface area contributed by atoms with Gasteiger partial charge >= 0.3 is 0 Å². The first-order valence-electron chi connectivity index (χ1n) is 9.32. The molecule has 0 aliphatic rings. The average molecular weight is 423 g/mol. The molecule has 0 saturated carbocycles. The molecule has 30 heavy (non-hydrogen) atoms. The fourth-order valence-electron chi connectivity index (χ4n) is 2.62. The number of hydrogen-bond donors (Lipinski definition) is 2. The van der Waals surface area contributed by atoms with Crippen molar-refractivity contribution in [1.29, 1.82) is 0 Å². The standard InChI is InChI=1S/C23H22N2O4S/c1-27-18-13-11-17(12-14-18)24-23(30)25-22(26)20-9-5-6-10-21(20)29-16-15-28-19-7-3-2-4-8-19/h2-14H,15-16H2,1H3,(H2,24,25,26,30). The summed E-state index contributed by atoms with van der Waals surface area (Å²) in [5.41, 5.74) is 1.12. The number of anilines is 1. The van der Waals surface area contributed by atoms with Gasteiger partial charge in [0.2, 0.25) is 0 Å². The van der Waals surface area contributed by atoms with Gasteiger partial charge in [-0.15, -0.1) is 0 Å². The lowest BCUT2D eigenvalue weighted by Crippen LogP contribution is -2.34. The summed E-state index contributed by atoms with van der Waals surface area (Å²) in [6.45, 7) is 0.658. The Morgan fingerprint density at radius 1 is 0.833 bits per heavy atom. The molecule has 3 aromatic carbocycles. The maximum atomic E-state index is 12.7. The van der Waals surface area contributed by atoms with Gasteiger partial charge in [-0.2, -0.15) is 0 Å². The molecular formula is C23H22N2O4S. The summed E-state index contributed by atoms with van der Waals surface area (Å²) in [5.74, 6) is 1.60. The zero-order valence-corrected chi connectivity index (χ0v) is 17.3. The van der Waals surface area contributed by atoms with E-state index in [-0.39, 0.29) is 11.0 Å². The van der Waals surface area contributed by atoms with Crippen LogP contribution in [0.3, 0.4) is 0 Å². The second kappa shape index (κ2) is 10.8. The predicted octanol–water partition coefficient (Wildman–Crippen LogP) is 4.28. The zero-order valence-electron chi connectivity index (χ0n) is 16.5. The molecule has 0 heterocycles. The number of carbonyl (C=O) groups is 1.